The van der Waals surface area contributed by atoms with E-state index in [4.69, 9.17) is 5.11 Å². The van der Waals surface area contributed by atoms with Crippen molar-refractivity contribution in [1.29, 1.82) is 0 Å². The fraction of sp³-hybridized carbons (Fsp3) is 0.750. The molecule has 20 heavy (non-hydrogen) atoms. The van der Waals surface area contributed by atoms with Gasteiger partial charge >= 0.3 is 17.8 Å². The lowest BCUT2D eigenvalue weighted by Crippen LogP contribution is -3.00. The number of unbranched alkanes of at least 4 members (excludes halogenated alkanes) is 1. The third-order valence-electron chi connectivity index (χ3n) is 3.34. The molecule has 2 unspecified atom stereocenters. The van der Waals surface area contributed by atoms with Gasteiger partial charge in [0.25, 0.3) is 0 Å². The molecule has 1 saturated heterocycles. The quantitative estimate of drug-likeness (QED) is 0.184. The van der Waals surface area contributed by atoms with E-state index in [0.29, 0.717) is 0 Å². The van der Waals surface area contributed by atoms with Crippen molar-refractivity contribution in [2.45, 2.75) is 44.7 Å². The second-order valence-corrected chi connectivity index (χ2v) is 6.37. The summed E-state index contributed by atoms with van der Waals surface area (Å²) in [4.78, 5) is 34.1. The Kier molecular flexibility index (Phi) is 8.44. The normalized spacial score (nSPS) is 19.3. The van der Waals surface area contributed by atoms with Crippen molar-refractivity contribution in [3.05, 3.63) is 0 Å². The number of hydrogen-bond donors (Lipinski definition) is 2. The van der Waals surface area contributed by atoms with E-state index in [0.717, 1.165) is 19.0 Å². The van der Waals surface area contributed by atoms with Crippen LogP contribution in [0.1, 0.15) is 39.0 Å². The van der Waals surface area contributed by atoms with Crippen LogP contribution in [0, 0.1) is 0 Å². The maximum absolute atomic E-state index is 11.5. The van der Waals surface area contributed by atoms with E-state index in [9.17, 15) is 19.6 Å². The molecule has 2 N–H and O–H groups in total. The van der Waals surface area contributed by atoms with E-state index in [1.165, 1.54) is 0 Å². The third kappa shape index (κ3) is 4.77. The van der Waals surface area contributed by atoms with Gasteiger partial charge in [-0.25, -0.2) is 14.8 Å². The van der Waals surface area contributed by atoms with E-state index in [1.807, 2.05) is 6.92 Å². The number of likely N-dealkylation sites (tertiary alicyclic amines) is 1. The van der Waals surface area contributed by atoms with Gasteiger partial charge in [0, 0.05) is 6.42 Å². The molecule has 8 heteroatoms. The summed E-state index contributed by atoms with van der Waals surface area (Å²) in [5.74, 6) is -1.96. The maximum atomic E-state index is 11.5. The van der Waals surface area contributed by atoms with Crippen molar-refractivity contribution in [2.24, 2.45) is 0 Å². The van der Waals surface area contributed by atoms with Crippen LogP contribution in [0.25, 0.3) is 0 Å². The zero-order valence-electron chi connectivity index (χ0n) is 11.5. The van der Waals surface area contributed by atoms with Crippen LogP contribution in [-0.2, 0) is 14.4 Å². The minimum atomic E-state index is -1.21. The Bertz CT molecular complexity index is 361. The fourth-order valence-electron chi connectivity index (χ4n) is 2.05. The SMILES string of the molecule is CCCCPC(CC[N+]1(O)C(=O)CCC1=O)C(=O)O.[Cl-]. The monoisotopic (exact) mass is 325 g/mol. The van der Waals surface area contributed by atoms with Crippen molar-refractivity contribution >= 4 is 26.4 Å². The van der Waals surface area contributed by atoms with E-state index < -0.39 is 28.1 Å². The summed E-state index contributed by atoms with van der Waals surface area (Å²) in [7, 11) is 0.261. The molecule has 1 fully saturated rings. The Balaban J connectivity index is 0.00000361. The molecule has 1 aliphatic rings. The van der Waals surface area contributed by atoms with Crippen molar-refractivity contribution < 1.29 is 41.8 Å². The van der Waals surface area contributed by atoms with Crippen LogP contribution in [0.4, 0.5) is 0 Å². The Morgan fingerprint density at radius 3 is 2.35 bits per heavy atom. The molecule has 1 aliphatic heterocycles. The zero-order chi connectivity index (χ0) is 14.5. The molecule has 0 saturated carbocycles. The topological polar surface area (TPSA) is 91.7 Å². The number of rotatable bonds is 8. The predicted octanol–water partition coefficient (Wildman–Crippen LogP) is -1.63. The number of nitrogens with zero attached hydrogens (tertiary/aromatic N) is 1. The largest absolute Gasteiger partial charge is 1.00 e. The number of hydrogen-bond acceptors (Lipinski definition) is 4. The molecule has 0 bridgehead atoms. The number of halogens is 1. The average Bonchev–Trinajstić information content (AvgIpc) is 2.61. The number of carboxylic acids is 1. The molecule has 2 atom stereocenters. The van der Waals surface area contributed by atoms with Crippen molar-refractivity contribution in [1.82, 2.24) is 0 Å². The van der Waals surface area contributed by atoms with Crippen LogP contribution < -0.4 is 12.4 Å². The molecule has 0 aromatic heterocycles. The predicted molar refractivity (Wildman–Crippen MR) is 70.3 cm³/mol. The van der Waals surface area contributed by atoms with Crippen molar-refractivity contribution in [3.63, 3.8) is 0 Å². The van der Waals surface area contributed by atoms with Gasteiger partial charge in [-0.15, -0.1) is 8.58 Å². The number of amides is 2. The first-order chi connectivity index (χ1) is 8.91. The standard InChI is InChI=1S/C12H20NO5P.ClH/c1-2-3-8-19-9(12(16)17)6-7-13(18)10(14)4-5-11(13)15;/h9,18-19H,2-8H2,1H3;1H. The lowest BCUT2D eigenvalue weighted by molar-refractivity contribution is -0.971. The Morgan fingerprint density at radius 2 is 1.90 bits per heavy atom. The molecular formula is C12H21ClNO5P. The fourth-order valence-corrected chi connectivity index (χ4v) is 3.47. The highest BCUT2D eigenvalue weighted by atomic mass is 35.5. The smallest absolute Gasteiger partial charge is 0.353 e. The number of quaternary nitrogens is 1. The second-order valence-electron chi connectivity index (χ2n) is 4.77. The minimum absolute atomic E-state index is 0. The van der Waals surface area contributed by atoms with Crippen LogP contribution in [0.15, 0.2) is 0 Å². The summed E-state index contributed by atoms with van der Waals surface area (Å²) in [6.07, 6.45) is 3.07. The zero-order valence-corrected chi connectivity index (χ0v) is 13.2. The first-order valence-electron chi connectivity index (χ1n) is 6.55. The molecule has 0 radical (unpaired) electrons. The first kappa shape index (κ1) is 19.4. The van der Waals surface area contributed by atoms with Gasteiger partial charge in [0.05, 0.1) is 18.5 Å². The number of hydroxylamine groups is 3. The number of carbonyl (C=O) groups is 3. The van der Waals surface area contributed by atoms with Gasteiger partial charge in [0.2, 0.25) is 0 Å². The third-order valence-corrected chi connectivity index (χ3v) is 5.01. The minimum Gasteiger partial charge on any atom is -1.00 e. The van der Waals surface area contributed by atoms with Crippen molar-refractivity contribution in [3.8, 4) is 0 Å². The summed E-state index contributed by atoms with van der Waals surface area (Å²) in [6, 6.07) is 0. The molecule has 6 nitrogen and oxygen atoms in total. The number of imide groups is 1. The lowest BCUT2D eigenvalue weighted by Gasteiger charge is -2.21. The van der Waals surface area contributed by atoms with Crippen LogP contribution in [-0.4, -0.2) is 51.1 Å². The van der Waals surface area contributed by atoms with Crippen LogP contribution in [0.2, 0.25) is 0 Å². The molecule has 1 heterocycles. The molecule has 116 valence electrons. The highest BCUT2D eigenvalue weighted by Crippen LogP contribution is 2.27. The number of carbonyl (C=O) groups excluding carboxylic acids is 2. The van der Waals surface area contributed by atoms with Crippen LogP contribution in [0.5, 0.6) is 0 Å². The maximum Gasteiger partial charge on any atom is 0.353 e. The highest BCUT2D eigenvalue weighted by molar-refractivity contribution is 7.40. The van der Waals surface area contributed by atoms with E-state index in [-0.39, 0.29) is 46.8 Å². The molecule has 0 spiro atoms. The van der Waals surface area contributed by atoms with Gasteiger partial charge in [0.1, 0.15) is 6.54 Å². The van der Waals surface area contributed by atoms with Gasteiger partial charge in [-0.1, -0.05) is 18.0 Å². The number of aliphatic carboxylic acids is 1. The molecule has 0 aromatic rings. The van der Waals surface area contributed by atoms with E-state index in [2.05, 4.69) is 0 Å². The Hall–Kier alpha value is -0.550. The van der Waals surface area contributed by atoms with Crippen LogP contribution in [0.3, 0.4) is 0 Å². The summed E-state index contributed by atoms with van der Waals surface area (Å²) in [6.45, 7) is 1.92. The highest BCUT2D eigenvalue weighted by Gasteiger charge is 2.49. The summed E-state index contributed by atoms with van der Waals surface area (Å²) in [5, 5.41) is 19.1. The average molecular weight is 326 g/mol. The Labute approximate surface area is 126 Å². The lowest BCUT2D eigenvalue weighted by atomic mass is 10.3. The van der Waals surface area contributed by atoms with Crippen molar-refractivity contribution in [2.75, 3.05) is 12.7 Å². The molecule has 0 aliphatic carbocycles. The number of carboxylic acid groups (broad SMARTS) is 1. The van der Waals surface area contributed by atoms with Gasteiger partial charge < -0.3 is 17.5 Å². The molecular weight excluding hydrogens is 305 g/mol. The van der Waals surface area contributed by atoms with Gasteiger partial charge in [-0.05, 0) is 12.6 Å². The summed E-state index contributed by atoms with van der Waals surface area (Å²) < 4.78 is -1.21. The van der Waals surface area contributed by atoms with Gasteiger partial charge in [0.15, 0.2) is 0 Å². The molecule has 1 rings (SSSR count). The Morgan fingerprint density at radius 1 is 1.35 bits per heavy atom. The first-order valence-corrected chi connectivity index (χ1v) is 7.84. The van der Waals surface area contributed by atoms with Gasteiger partial charge in [-0.2, -0.15) is 0 Å². The van der Waals surface area contributed by atoms with Crippen LogP contribution >= 0.6 is 8.58 Å². The second kappa shape index (κ2) is 8.67. The van der Waals surface area contributed by atoms with E-state index in [1.54, 1.807) is 0 Å². The summed E-state index contributed by atoms with van der Waals surface area (Å²) in [5.41, 5.74) is -0.574. The molecule has 0 aromatic carbocycles. The summed E-state index contributed by atoms with van der Waals surface area (Å²) >= 11 is 0. The van der Waals surface area contributed by atoms with E-state index >= 15 is 0 Å². The molecule has 2 amide bonds. The van der Waals surface area contributed by atoms with Gasteiger partial charge in [-0.3, -0.25) is 4.79 Å².